The van der Waals surface area contributed by atoms with Crippen molar-refractivity contribution in [2.75, 3.05) is 24.3 Å². The number of methoxy groups -OCH3 is 1. The number of amides is 3. The molecule has 1 aliphatic rings. The van der Waals surface area contributed by atoms with Crippen molar-refractivity contribution in [2.45, 2.75) is 45.6 Å². The van der Waals surface area contributed by atoms with E-state index >= 15 is 0 Å². The molecule has 1 fully saturated rings. The van der Waals surface area contributed by atoms with Gasteiger partial charge in [-0.1, -0.05) is 31.5 Å². The lowest BCUT2D eigenvalue weighted by Crippen LogP contribution is -2.47. The maximum absolute atomic E-state index is 13.4. The number of benzene rings is 2. The van der Waals surface area contributed by atoms with Gasteiger partial charge in [0, 0.05) is 36.8 Å². The van der Waals surface area contributed by atoms with Crippen molar-refractivity contribution in [3.8, 4) is 5.75 Å². The average Bonchev–Trinajstić information content (AvgIpc) is 2.79. The van der Waals surface area contributed by atoms with Crippen molar-refractivity contribution in [1.82, 2.24) is 4.90 Å². The number of hydrogen-bond donors (Lipinski definition) is 2. The Morgan fingerprint density at radius 3 is 2.34 bits per heavy atom. The molecule has 3 rings (SSSR count). The minimum absolute atomic E-state index is 0.0677. The summed E-state index contributed by atoms with van der Waals surface area (Å²) < 4.78 is 5.57. The van der Waals surface area contributed by atoms with Crippen molar-refractivity contribution in [3.63, 3.8) is 0 Å². The van der Waals surface area contributed by atoms with Gasteiger partial charge >= 0.3 is 0 Å². The molecule has 32 heavy (non-hydrogen) atoms. The number of unbranched alkanes of at least 4 members (excludes halogenated alkanes) is 1. The summed E-state index contributed by atoms with van der Waals surface area (Å²) in [5.41, 5.74) is 2.15. The maximum atomic E-state index is 13.4. The topological polar surface area (TPSA) is 87.7 Å². The Morgan fingerprint density at radius 2 is 1.72 bits per heavy atom. The number of anilines is 2. The molecule has 0 radical (unpaired) electrons. The van der Waals surface area contributed by atoms with E-state index in [1.165, 1.54) is 6.92 Å². The molecule has 2 aromatic rings. The normalized spacial score (nSPS) is 18.2. The molecule has 0 spiro atoms. The van der Waals surface area contributed by atoms with E-state index in [2.05, 4.69) is 17.6 Å². The highest BCUT2D eigenvalue weighted by atomic mass is 16.5. The van der Waals surface area contributed by atoms with E-state index < -0.39 is 12.0 Å². The van der Waals surface area contributed by atoms with Gasteiger partial charge in [-0.3, -0.25) is 14.4 Å². The van der Waals surface area contributed by atoms with E-state index in [0.717, 1.165) is 18.4 Å². The predicted octanol–water partition coefficient (Wildman–Crippen LogP) is 4.37. The Morgan fingerprint density at radius 1 is 1.06 bits per heavy atom. The molecule has 7 nitrogen and oxygen atoms in total. The number of carbonyl (C=O) groups excluding carboxylic acids is 3. The van der Waals surface area contributed by atoms with Crippen LogP contribution in [0.2, 0.25) is 0 Å². The number of nitrogens with one attached hydrogen (secondary N) is 2. The van der Waals surface area contributed by atoms with Crippen LogP contribution in [-0.4, -0.2) is 36.3 Å². The minimum Gasteiger partial charge on any atom is -0.496 e. The number of carbonyl (C=O) groups is 3. The summed E-state index contributed by atoms with van der Waals surface area (Å²) in [4.78, 5) is 39.3. The number of nitrogens with zero attached hydrogens (tertiary/aromatic N) is 1. The van der Waals surface area contributed by atoms with Crippen molar-refractivity contribution in [1.29, 1.82) is 0 Å². The van der Waals surface area contributed by atoms with E-state index in [1.54, 1.807) is 31.4 Å². The number of rotatable bonds is 8. The zero-order valence-electron chi connectivity index (χ0n) is 18.9. The third kappa shape index (κ3) is 5.46. The first-order valence-electron chi connectivity index (χ1n) is 11.1. The lowest BCUT2D eigenvalue weighted by molar-refractivity contribution is -0.142. The van der Waals surface area contributed by atoms with Crippen LogP contribution in [0.15, 0.2) is 48.5 Å². The monoisotopic (exact) mass is 437 g/mol. The molecule has 0 aliphatic carbocycles. The molecule has 7 heteroatoms. The Bertz CT molecular complexity index is 958. The minimum atomic E-state index is -0.407. The van der Waals surface area contributed by atoms with E-state index in [-0.39, 0.29) is 17.7 Å². The van der Waals surface area contributed by atoms with E-state index in [4.69, 9.17) is 4.74 Å². The quantitative estimate of drug-likeness (QED) is 0.642. The molecule has 2 unspecified atom stereocenters. The van der Waals surface area contributed by atoms with Gasteiger partial charge in [-0.2, -0.15) is 0 Å². The predicted molar refractivity (Wildman–Crippen MR) is 124 cm³/mol. The summed E-state index contributed by atoms with van der Waals surface area (Å²) in [7, 11) is 1.60. The van der Waals surface area contributed by atoms with Crippen LogP contribution in [0.3, 0.4) is 0 Å². The lowest BCUT2D eigenvalue weighted by Gasteiger charge is -2.41. The SMILES string of the molecule is CCCCN1C(=O)CCC(C(=O)Nc2ccc(NC(C)=O)cc2)C1c1ccccc1OC. The smallest absolute Gasteiger partial charge is 0.229 e. The van der Waals surface area contributed by atoms with Crippen molar-refractivity contribution < 1.29 is 19.1 Å². The van der Waals surface area contributed by atoms with Gasteiger partial charge in [0.05, 0.1) is 19.1 Å². The molecule has 170 valence electrons. The first-order chi connectivity index (χ1) is 15.4. The van der Waals surface area contributed by atoms with Gasteiger partial charge in [0.1, 0.15) is 5.75 Å². The maximum Gasteiger partial charge on any atom is 0.229 e. The fourth-order valence-electron chi connectivity index (χ4n) is 4.19. The summed E-state index contributed by atoms with van der Waals surface area (Å²) in [6.07, 6.45) is 2.64. The second-order valence-corrected chi connectivity index (χ2v) is 8.02. The number of piperidine rings is 1. The Labute approximate surface area is 189 Å². The molecule has 0 aromatic heterocycles. The van der Waals surface area contributed by atoms with Gasteiger partial charge in [0.25, 0.3) is 0 Å². The Hall–Kier alpha value is -3.35. The summed E-state index contributed by atoms with van der Waals surface area (Å²) >= 11 is 0. The van der Waals surface area contributed by atoms with Gasteiger partial charge in [0.15, 0.2) is 0 Å². The summed E-state index contributed by atoms with van der Waals surface area (Å²) in [6, 6.07) is 14.2. The molecular weight excluding hydrogens is 406 g/mol. The van der Waals surface area contributed by atoms with Crippen LogP contribution in [0, 0.1) is 5.92 Å². The van der Waals surface area contributed by atoms with Gasteiger partial charge < -0.3 is 20.3 Å². The van der Waals surface area contributed by atoms with E-state index in [0.29, 0.717) is 36.5 Å². The first kappa shape index (κ1) is 23.3. The highest BCUT2D eigenvalue weighted by Gasteiger charge is 2.41. The third-order valence-corrected chi connectivity index (χ3v) is 5.73. The number of hydrogen-bond acceptors (Lipinski definition) is 4. The lowest BCUT2D eigenvalue weighted by atomic mass is 9.83. The van der Waals surface area contributed by atoms with Crippen molar-refractivity contribution >= 4 is 29.1 Å². The molecule has 2 atom stereocenters. The second kappa shape index (κ2) is 10.8. The fourth-order valence-corrected chi connectivity index (χ4v) is 4.19. The fraction of sp³-hybridized carbons (Fsp3) is 0.400. The Balaban J connectivity index is 1.88. The van der Waals surface area contributed by atoms with Gasteiger partial charge in [0.2, 0.25) is 17.7 Å². The molecule has 3 amide bonds. The second-order valence-electron chi connectivity index (χ2n) is 8.02. The largest absolute Gasteiger partial charge is 0.496 e. The standard InChI is InChI=1S/C25H31N3O4/c1-4-5-16-28-23(30)15-14-21(24(28)20-8-6-7-9-22(20)32-3)25(31)27-19-12-10-18(11-13-19)26-17(2)29/h6-13,21,24H,4-5,14-16H2,1-3H3,(H,26,29)(H,27,31). The first-order valence-corrected chi connectivity index (χ1v) is 11.1. The molecule has 1 heterocycles. The van der Waals surface area contributed by atoms with E-state index in [9.17, 15) is 14.4 Å². The molecule has 1 aliphatic heterocycles. The molecule has 2 N–H and O–H groups in total. The highest BCUT2D eigenvalue weighted by Crippen LogP contribution is 2.41. The molecular formula is C25H31N3O4. The molecule has 0 saturated carbocycles. The zero-order chi connectivity index (χ0) is 23.1. The van der Waals surface area contributed by atoms with Crippen LogP contribution in [0.25, 0.3) is 0 Å². The van der Waals surface area contributed by atoms with Crippen LogP contribution >= 0.6 is 0 Å². The Kier molecular flexibility index (Phi) is 7.87. The molecule has 2 aromatic carbocycles. The zero-order valence-corrected chi connectivity index (χ0v) is 18.9. The number of ether oxygens (including phenoxy) is 1. The van der Waals surface area contributed by atoms with E-state index in [1.807, 2.05) is 29.2 Å². The van der Waals surface area contributed by atoms with Crippen LogP contribution < -0.4 is 15.4 Å². The number of para-hydroxylation sites is 1. The van der Waals surface area contributed by atoms with Crippen molar-refractivity contribution in [2.24, 2.45) is 5.92 Å². The van der Waals surface area contributed by atoms with Crippen LogP contribution in [0.1, 0.15) is 51.1 Å². The van der Waals surface area contributed by atoms with Gasteiger partial charge in [-0.05, 0) is 43.2 Å². The summed E-state index contributed by atoms with van der Waals surface area (Å²) in [5, 5.41) is 5.70. The number of likely N-dealkylation sites (tertiary alicyclic amines) is 1. The molecule has 0 bridgehead atoms. The summed E-state index contributed by atoms with van der Waals surface area (Å²) in [6.45, 7) is 4.14. The highest BCUT2D eigenvalue weighted by molar-refractivity contribution is 5.95. The molecule has 1 saturated heterocycles. The van der Waals surface area contributed by atoms with Crippen molar-refractivity contribution in [3.05, 3.63) is 54.1 Å². The van der Waals surface area contributed by atoms with Crippen LogP contribution in [-0.2, 0) is 14.4 Å². The van der Waals surface area contributed by atoms with Gasteiger partial charge in [-0.25, -0.2) is 0 Å². The summed E-state index contributed by atoms with van der Waals surface area (Å²) in [5.74, 6) is 0.0442. The van der Waals surface area contributed by atoms with Gasteiger partial charge in [-0.15, -0.1) is 0 Å². The van der Waals surface area contributed by atoms with Crippen LogP contribution in [0.4, 0.5) is 11.4 Å². The van der Waals surface area contributed by atoms with Crippen LogP contribution in [0.5, 0.6) is 5.75 Å². The average molecular weight is 438 g/mol. The third-order valence-electron chi connectivity index (χ3n) is 5.73.